The molecule has 0 fully saturated rings. The van der Waals surface area contributed by atoms with Crippen LogP contribution < -0.4 is 9.62 Å². The van der Waals surface area contributed by atoms with Crippen LogP contribution in [0.1, 0.15) is 21.5 Å². The summed E-state index contributed by atoms with van der Waals surface area (Å²) in [6, 6.07) is 18.1. The standard InChI is InChI=1S/C23H22F2N2O3S/c1-31(29,30)27(16-19-4-2-3-5-22(19)25)21-12-8-18(9-13-21)23(28)26-15-14-17-6-10-20(24)11-7-17/h2-13H,14-16H2,1H3,(H,26,28). The molecular weight excluding hydrogens is 422 g/mol. The monoisotopic (exact) mass is 444 g/mol. The minimum atomic E-state index is -3.67. The lowest BCUT2D eigenvalue weighted by Crippen LogP contribution is -2.30. The predicted octanol–water partition coefficient (Wildman–Crippen LogP) is 3.90. The summed E-state index contributed by atoms with van der Waals surface area (Å²) >= 11 is 0. The first-order valence-electron chi connectivity index (χ1n) is 9.58. The summed E-state index contributed by atoms with van der Waals surface area (Å²) < 4.78 is 52.5. The summed E-state index contributed by atoms with van der Waals surface area (Å²) in [6.07, 6.45) is 1.60. The highest BCUT2D eigenvalue weighted by atomic mass is 32.2. The second-order valence-electron chi connectivity index (χ2n) is 7.04. The molecule has 0 saturated heterocycles. The quantitative estimate of drug-likeness (QED) is 0.573. The van der Waals surface area contributed by atoms with Crippen molar-refractivity contribution in [2.24, 2.45) is 0 Å². The van der Waals surface area contributed by atoms with Gasteiger partial charge in [-0.1, -0.05) is 30.3 Å². The maximum absolute atomic E-state index is 14.0. The molecule has 3 aromatic carbocycles. The Kier molecular flexibility index (Phi) is 7.02. The van der Waals surface area contributed by atoms with Gasteiger partial charge in [0.25, 0.3) is 5.91 Å². The zero-order valence-corrected chi connectivity index (χ0v) is 17.7. The van der Waals surface area contributed by atoms with Crippen LogP contribution in [-0.2, 0) is 23.0 Å². The molecular formula is C23H22F2N2O3S. The van der Waals surface area contributed by atoms with E-state index in [0.717, 1.165) is 16.1 Å². The molecule has 162 valence electrons. The molecule has 0 atom stereocenters. The minimum absolute atomic E-state index is 0.158. The number of sulfonamides is 1. The number of carbonyl (C=O) groups is 1. The van der Waals surface area contributed by atoms with Gasteiger partial charge in [0, 0.05) is 17.7 Å². The fourth-order valence-corrected chi connectivity index (χ4v) is 3.91. The van der Waals surface area contributed by atoms with E-state index in [1.54, 1.807) is 18.2 Å². The van der Waals surface area contributed by atoms with E-state index in [1.807, 2.05) is 0 Å². The topological polar surface area (TPSA) is 66.5 Å². The van der Waals surface area contributed by atoms with Crippen molar-refractivity contribution in [1.82, 2.24) is 5.32 Å². The first-order chi connectivity index (χ1) is 14.7. The number of hydrogen-bond acceptors (Lipinski definition) is 3. The lowest BCUT2D eigenvalue weighted by Gasteiger charge is -2.23. The molecule has 3 aromatic rings. The molecule has 0 unspecified atom stereocenters. The smallest absolute Gasteiger partial charge is 0.251 e. The summed E-state index contributed by atoms with van der Waals surface area (Å²) in [7, 11) is -3.67. The molecule has 0 saturated carbocycles. The van der Waals surface area contributed by atoms with E-state index >= 15 is 0 Å². The molecule has 3 rings (SSSR count). The van der Waals surface area contributed by atoms with Crippen LogP contribution in [0.4, 0.5) is 14.5 Å². The molecule has 0 aromatic heterocycles. The molecule has 0 heterocycles. The Hall–Kier alpha value is -3.26. The number of anilines is 1. The predicted molar refractivity (Wildman–Crippen MR) is 116 cm³/mol. The SMILES string of the molecule is CS(=O)(=O)N(Cc1ccccc1F)c1ccc(C(=O)NCCc2ccc(F)cc2)cc1. The van der Waals surface area contributed by atoms with Crippen LogP contribution in [0, 0.1) is 11.6 Å². The number of amides is 1. The van der Waals surface area contributed by atoms with Crippen molar-refractivity contribution in [3.63, 3.8) is 0 Å². The van der Waals surface area contributed by atoms with Crippen LogP contribution in [0.15, 0.2) is 72.8 Å². The fourth-order valence-electron chi connectivity index (χ4n) is 3.03. The lowest BCUT2D eigenvalue weighted by atomic mass is 10.1. The second kappa shape index (κ2) is 9.70. The van der Waals surface area contributed by atoms with Gasteiger partial charge in [0.1, 0.15) is 11.6 Å². The summed E-state index contributed by atoms with van der Waals surface area (Å²) in [5.74, 6) is -1.12. The Balaban J connectivity index is 1.67. The van der Waals surface area contributed by atoms with Crippen LogP contribution in [0.3, 0.4) is 0 Å². The van der Waals surface area contributed by atoms with Crippen molar-refractivity contribution in [3.8, 4) is 0 Å². The van der Waals surface area contributed by atoms with Crippen LogP contribution in [0.2, 0.25) is 0 Å². The molecule has 0 aliphatic rings. The first kappa shape index (κ1) is 22.4. The second-order valence-corrected chi connectivity index (χ2v) is 8.95. The van der Waals surface area contributed by atoms with Gasteiger partial charge in [-0.3, -0.25) is 9.10 Å². The Bertz CT molecular complexity index is 1150. The van der Waals surface area contributed by atoms with Crippen molar-refractivity contribution in [1.29, 1.82) is 0 Å². The van der Waals surface area contributed by atoms with Gasteiger partial charge in [-0.05, 0) is 54.4 Å². The molecule has 0 spiro atoms. The van der Waals surface area contributed by atoms with Gasteiger partial charge in [-0.15, -0.1) is 0 Å². The van der Waals surface area contributed by atoms with Crippen LogP contribution in [-0.4, -0.2) is 27.1 Å². The zero-order chi connectivity index (χ0) is 22.4. The summed E-state index contributed by atoms with van der Waals surface area (Å²) in [5, 5.41) is 2.77. The van der Waals surface area contributed by atoms with Gasteiger partial charge >= 0.3 is 0 Å². The largest absolute Gasteiger partial charge is 0.352 e. The molecule has 1 amide bonds. The van der Waals surface area contributed by atoms with Gasteiger partial charge in [0.05, 0.1) is 18.5 Å². The average Bonchev–Trinajstić information content (AvgIpc) is 2.74. The normalized spacial score (nSPS) is 11.2. The van der Waals surface area contributed by atoms with Gasteiger partial charge in [-0.2, -0.15) is 0 Å². The Morgan fingerprint density at radius 2 is 1.58 bits per heavy atom. The van der Waals surface area contributed by atoms with E-state index in [-0.39, 0.29) is 23.8 Å². The minimum Gasteiger partial charge on any atom is -0.352 e. The van der Waals surface area contributed by atoms with Crippen molar-refractivity contribution >= 4 is 21.6 Å². The van der Waals surface area contributed by atoms with Crippen LogP contribution >= 0.6 is 0 Å². The van der Waals surface area contributed by atoms with Gasteiger partial charge in [0.15, 0.2) is 0 Å². The molecule has 1 N–H and O–H groups in total. The molecule has 0 radical (unpaired) electrons. The lowest BCUT2D eigenvalue weighted by molar-refractivity contribution is 0.0954. The maximum atomic E-state index is 14.0. The number of nitrogens with one attached hydrogen (secondary N) is 1. The Morgan fingerprint density at radius 3 is 2.19 bits per heavy atom. The Labute approximate surface area is 180 Å². The van der Waals surface area contributed by atoms with E-state index in [0.29, 0.717) is 24.2 Å². The highest BCUT2D eigenvalue weighted by Crippen LogP contribution is 2.22. The van der Waals surface area contributed by atoms with Crippen LogP contribution in [0.5, 0.6) is 0 Å². The number of nitrogens with zero attached hydrogens (tertiary/aromatic N) is 1. The molecule has 0 bridgehead atoms. The van der Waals surface area contributed by atoms with Crippen molar-refractivity contribution in [3.05, 3.63) is 101 Å². The Morgan fingerprint density at radius 1 is 0.935 bits per heavy atom. The van der Waals surface area contributed by atoms with Gasteiger partial charge in [0.2, 0.25) is 10.0 Å². The first-order valence-corrected chi connectivity index (χ1v) is 11.4. The van der Waals surface area contributed by atoms with E-state index in [1.165, 1.54) is 54.6 Å². The number of hydrogen-bond donors (Lipinski definition) is 1. The summed E-state index contributed by atoms with van der Waals surface area (Å²) in [4.78, 5) is 12.4. The van der Waals surface area contributed by atoms with E-state index in [9.17, 15) is 22.0 Å². The van der Waals surface area contributed by atoms with Gasteiger partial charge < -0.3 is 5.32 Å². The third-order valence-corrected chi connectivity index (χ3v) is 5.84. The van der Waals surface area contributed by atoms with Crippen LogP contribution in [0.25, 0.3) is 0 Å². The van der Waals surface area contributed by atoms with Crippen molar-refractivity contribution in [2.45, 2.75) is 13.0 Å². The number of benzene rings is 3. The highest BCUT2D eigenvalue weighted by molar-refractivity contribution is 7.92. The molecule has 8 heteroatoms. The molecule has 5 nitrogen and oxygen atoms in total. The molecule has 0 aliphatic carbocycles. The molecule has 31 heavy (non-hydrogen) atoms. The highest BCUT2D eigenvalue weighted by Gasteiger charge is 2.20. The average molecular weight is 445 g/mol. The number of rotatable bonds is 8. The maximum Gasteiger partial charge on any atom is 0.251 e. The van der Waals surface area contributed by atoms with Crippen molar-refractivity contribution < 1.29 is 22.0 Å². The fraction of sp³-hybridized carbons (Fsp3) is 0.174. The van der Waals surface area contributed by atoms with E-state index in [4.69, 9.17) is 0 Å². The molecule has 0 aliphatic heterocycles. The zero-order valence-electron chi connectivity index (χ0n) is 16.9. The summed E-state index contributed by atoms with van der Waals surface area (Å²) in [5.41, 5.74) is 1.83. The number of halogens is 2. The van der Waals surface area contributed by atoms with E-state index in [2.05, 4.69) is 5.32 Å². The number of carbonyl (C=O) groups excluding carboxylic acids is 1. The van der Waals surface area contributed by atoms with Gasteiger partial charge in [-0.25, -0.2) is 17.2 Å². The third kappa shape index (κ3) is 6.11. The summed E-state index contributed by atoms with van der Waals surface area (Å²) in [6.45, 7) is 0.212. The van der Waals surface area contributed by atoms with Crippen molar-refractivity contribution in [2.75, 3.05) is 17.1 Å². The van der Waals surface area contributed by atoms with E-state index < -0.39 is 15.8 Å². The third-order valence-electron chi connectivity index (χ3n) is 4.70.